The number of thiocarbonyl (C=S) groups is 1. The van der Waals surface area contributed by atoms with Crippen molar-refractivity contribution in [3.8, 4) is 11.5 Å². The van der Waals surface area contributed by atoms with E-state index in [9.17, 15) is 9.59 Å². The van der Waals surface area contributed by atoms with Crippen molar-refractivity contribution in [1.29, 1.82) is 0 Å². The summed E-state index contributed by atoms with van der Waals surface area (Å²) < 4.78 is 15.7. The summed E-state index contributed by atoms with van der Waals surface area (Å²) >= 11 is 5.10. The fraction of sp³-hybridized carbons (Fsp3) is 0.353. The van der Waals surface area contributed by atoms with Gasteiger partial charge in [-0.25, -0.2) is 0 Å². The van der Waals surface area contributed by atoms with Gasteiger partial charge in [0, 0.05) is 0 Å². The summed E-state index contributed by atoms with van der Waals surface area (Å²) in [6, 6.07) is 5.37. The van der Waals surface area contributed by atoms with E-state index in [4.69, 9.17) is 21.7 Å². The van der Waals surface area contributed by atoms with Crippen LogP contribution in [0.1, 0.15) is 19.4 Å². The molecule has 1 aromatic carbocycles. The van der Waals surface area contributed by atoms with E-state index >= 15 is 0 Å². The number of benzene rings is 1. The zero-order valence-electron chi connectivity index (χ0n) is 14.3. The van der Waals surface area contributed by atoms with Crippen LogP contribution in [0.3, 0.4) is 0 Å². The summed E-state index contributed by atoms with van der Waals surface area (Å²) in [4.78, 5) is 24.9. The molecule has 1 aliphatic heterocycles. The zero-order chi connectivity index (χ0) is 18.4. The van der Waals surface area contributed by atoms with E-state index in [1.807, 2.05) is 19.9 Å². The molecule has 0 bridgehead atoms. The molecule has 134 valence electrons. The van der Waals surface area contributed by atoms with Crippen molar-refractivity contribution in [2.24, 2.45) is 0 Å². The van der Waals surface area contributed by atoms with Gasteiger partial charge in [-0.1, -0.05) is 6.07 Å². The van der Waals surface area contributed by atoms with E-state index in [0.29, 0.717) is 24.7 Å². The lowest BCUT2D eigenvalue weighted by atomic mass is 10.1. The second-order valence-electron chi connectivity index (χ2n) is 5.03. The van der Waals surface area contributed by atoms with Gasteiger partial charge in [-0.2, -0.15) is 0 Å². The standard InChI is InChI=1S/C17H20N2O5S/c1-4-23-13-7-6-11(9-14(13)24-5-2)8-12-16(21)19(17(25)18-12)10-15(20)22-3/h6-9H,4-5,10H2,1-3H3,(H,18,25)/b12-8-. The highest BCUT2D eigenvalue weighted by Gasteiger charge is 2.32. The quantitative estimate of drug-likeness (QED) is 0.448. The molecular weight excluding hydrogens is 344 g/mol. The molecule has 8 heteroatoms. The van der Waals surface area contributed by atoms with Gasteiger partial charge in [-0.15, -0.1) is 0 Å². The van der Waals surface area contributed by atoms with E-state index in [-0.39, 0.29) is 23.3 Å². The molecule has 0 radical (unpaired) electrons. The van der Waals surface area contributed by atoms with Crippen LogP contribution in [0.25, 0.3) is 6.08 Å². The Morgan fingerprint density at radius 3 is 2.56 bits per heavy atom. The summed E-state index contributed by atoms with van der Waals surface area (Å²) in [5.41, 5.74) is 1.02. The highest BCUT2D eigenvalue weighted by Crippen LogP contribution is 2.29. The minimum Gasteiger partial charge on any atom is -0.490 e. The molecule has 1 saturated heterocycles. The molecule has 0 aromatic heterocycles. The highest BCUT2D eigenvalue weighted by molar-refractivity contribution is 7.80. The molecule has 0 spiro atoms. The molecular formula is C17H20N2O5S. The Balaban J connectivity index is 2.25. The number of esters is 1. The SMILES string of the molecule is CCOc1ccc(/C=C2\NC(=S)N(CC(=O)OC)C2=O)cc1OCC. The predicted octanol–water partition coefficient (Wildman–Crippen LogP) is 1.71. The summed E-state index contributed by atoms with van der Waals surface area (Å²) in [5, 5.41) is 2.98. The number of nitrogens with one attached hydrogen (secondary N) is 1. The first kappa shape index (κ1) is 18.7. The molecule has 1 aromatic rings. The van der Waals surface area contributed by atoms with E-state index in [1.54, 1.807) is 18.2 Å². The minimum absolute atomic E-state index is 0.164. The van der Waals surface area contributed by atoms with Gasteiger partial charge in [0.1, 0.15) is 12.2 Å². The highest BCUT2D eigenvalue weighted by atomic mass is 32.1. The zero-order valence-corrected chi connectivity index (χ0v) is 15.1. The van der Waals surface area contributed by atoms with Crippen molar-refractivity contribution in [2.45, 2.75) is 13.8 Å². The number of carbonyl (C=O) groups excluding carboxylic acids is 2. The first-order valence-electron chi connectivity index (χ1n) is 7.81. The number of carbonyl (C=O) groups is 2. The van der Waals surface area contributed by atoms with E-state index in [2.05, 4.69) is 10.1 Å². The van der Waals surface area contributed by atoms with Gasteiger partial charge in [0.15, 0.2) is 16.6 Å². The lowest BCUT2D eigenvalue weighted by Gasteiger charge is -2.12. The molecule has 1 amide bonds. The Hall–Kier alpha value is -2.61. The summed E-state index contributed by atoms with van der Waals surface area (Å²) in [6.45, 7) is 4.56. The van der Waals surface area contributed by atoms with E-state index in [0.717, 1.165) is 10.5 Å². The number of methoxy groups -OCH3 is 1. The summed E-state index contributed by atoms with van der Waals surface area (Å²) in [5.74, 6) is 0.305. The number of hydrogen-bond donors (Lipinski definition) is 1. The van der Waals surface area contributed by atoms with Crippen LogP contribution in [0.5, 0.6) is 11.5 Å². The molecule has 0 unspecified atom stereocenters. The van der Waals surface area contributed by atoms with Gasteiger partial charge in [-0.3, -0.25) is 14.5 Å². The van der Waals surface area contributed by atoms with Crippen LogP contribution in [0.15, 0.2) is 23.9 Å². The molecule has 0 saturated carbocycles. The lowest BCUT2D eigenvalue weighted by molar-refractivity contribution is -0.143. The molecule has 1 aliphatic rings. The Morgan fingerprint density at radius 2 is 1.92 bits per heavy atom. The second kappa shape index (κ2) is 8.48. The van der Waals surface area contributed by atoms with Gasteiger partial charge in [0.25, 0.3) is 5.91 Å². The first-order chi connectivity index (χ1) is 12.0. The maximum Gasteiger partial charge on any atom is 0.325 e. The monoisotopic (exact) mass is 364 g/mol. The number of rotatable bonds is 7. The van der Waals surface area contributed by atoms with Crippen molar-refractivity contribution in [1.82, 2.24) is 10.2 Å². The fourth-order valence-electron chi connectivity index (χ4n) is 2.23. The molecule has 0 aliphatic carbocycles. The van der Waals surface area contributed by atoms with Crippen LogP contribution in [0, 0.1) is 0 Å². The maximum absolute atomic E-state index is 12.4. The molecule has 1 fully saturated rings. The second-order valence-corrected chi connectivity index (χ2v) is 5.41. The van der Waals surface area contributed by atoms with Crippen LogP contribution in [-0.2, 0) is 14.3 Å². The molecule has 7 nitrogen and oxygen atoms in total. The van der Waals surface area contributed by atoms with Crippen molar-refractivity contribution < 1.29 is 23.8 Å². The van der Waals surface area contributed by atoms with Crippen LogP contribution in [-0.4, -0.2) is 48.8 Å². The van der Waals surface area contributed by atoms with Gasteiger partial charge in [-0.05, 0) is 49.8 Å². The number of ether oxygens (including phenoxy) is 3. The average Bonchev–Trinajstić information content (AvgIpc) is 2.85. The van der Waals surface area contributed by atoms with Crippen LogP contribution in [0.2, 0.25) is 0 Å². The number of hydrogen-bond acceptors (Lipinski definition) is 6. The smallest absolute Gasteiger partial charge is 0.325 e. The Morgan fingerprint density at radius 1 is 1.24 bits per heavy atom. The van der Waals surface area contributed by atoms with Crippen LogP contribution in [0.4, 0.5) is 0 Å². The van der Waals surface area contributed by atoms with Crippen molar-refractivity contribution in [3.05, 3.63) is 29.5 Å². The largest absolute Gasteiger partial charge is 0.490 e. The Labute approximate surface area is 151 Å². The van der Waals surface area contributed by atoms with Crippen molar-refractivity contribution in [3.63, 3.8) is 0 Å². The van der Waals surface area contributed by atoms with E-state index in [1.165, 1.54) is 7.11 Å². The normalized spacial score (nSPS) is 15.3. The third-order valence-corrected chi connectivity index (χ3v) is 3.68. The molecule has 2 rings (SSSR count). The molecule has 0 atom stereocenters. The number of nitrogens with zero attached hydrogens (tertiary/aromatic N) is 1. The third-order valence-electron chi connectivity index (χ3n) is 3.36. The van der Waals surface area contributed by atoms with E-state index < -0.39 is 5.97 Å². The topological polar surface area (TPSA) is 77.1 Å². The Kier molecular flexibility index (Phi) is 6.35. The predicted molar refractivity (Wildman–Crippen MR) is 96.2 cm³/mol. The molecule has 25 heavy (non-hydrogen) atoms. The molecule has 1 N–H and O–H groups in total. The van der Waals surface area contributed by atoms with Crippen LogP contribution >= 0.6 is 12.2 Å². The number of amides is 1. The van der Waals surface area contributed by atoms with Crippen molar-refractivity contribution in [2.75, 3.05) is 26.9 Å². The van der Waals surface area contributed by atoms with Gasteiger partial charge >= 0.3 is 5.97 Å². The average molecular weight is 364 g/mol. The lowest BCUT2D eigenvalue weighted by Crippen LogP contribution is -2.35. The van der Waals surface area contributed by atoms with Gasteiger partial charge < -0.3 is 19.5 Å². The van der Waals surface area contributed by atoms with Gasteiger partial charge in [0.05, 0.1) is 20.3 Å². The third kappa shape index (κ3) is 4.48. The summed E-state index contributed by atoms with van der Waals surface area (Å²) in [7, 11) is 1.26. The Bertz CT molecular complexity index is 717. The minimum atomic E-state index is -0.543. The van der Waals surface area contributed by atoms with Crippen molar-refractivity contribution >= 4 is 35.3 Å². The maximum atomic E-state index is 12.4. The fourth-order valence-corrected chi connectivity index (χ4v) is 2.49. The van der Waals surface area contributed by atoms with Gasteiger partial charge in [0.2, 0.25) is 0 Å². The first-order valence-corrected chi connectivity index (χ1v) is 8.22. The summed E-state index contributed by atoms with van der Waals surface area (Å²) in [6.07, 6.45) is 1.64. The van der Waals surface area contributed by atoms with Crippen LogP contribution < -0.4 is 14.8 Å². The molecule has 1 heterocycles.